The molecule has 2 aromatic rings. The predicted octanol–water partition coefficient (Wildman–Crippen LogP) is 8.87. The number of Topliss-reactive ketones (excluding diaryl/α,β-unsaturated/α-hetero) is 2. The van der Waals surface area contributed by atoms with Crippen molar-refractivity contribution in [3.8, 4) is 11.5 Å². The van der Waals surface area contributed by atoms with Crippen LogP contribution in [0.2, 0.25) is 0 Å². The van der Waals surface area contributed by atoms with Crippen LogP contribution in [0.15, 0.2) is 48.5 Å². The van der Waals surface area contributed by atoms with Crippen molar-refractivity contribution in [2.75, 3.05) is 52.5 Å². The SMILES string of the molecule is CCCCOc1ccc(C(=O)[C@H](CC[C@@H](CN2CCCCCC2)C(=O)c2ccc(OCCCC)cc2)CN2CCCCCC2)cc1. The van der Waals surface area contributed by atoms with Gasteiger partial charge < -0.3 is 19.3 Å². The fourth-order valence-electron chi connectivity index (χ4n) is 6.84. The van der Waals surface area contributed by atoms with Crippen molar-refractivity contribution >= 4 is 11.6 Å². The summed E-state index contributed by atoms with van der Waals surface area (Å²) in [5.41, 5.74) is 1.49. The molecule has 6 nitrogen and oxygen atoms in total. The Kier molecular flexibility index (Phi) is 16.1. The van der Waals surface area contributed by atoms with E-state index >= 15 is 0 Å². The Morgan fingerprint density at radius 3 is 1.24 bits per heavy atom. The van der Waals surface area contributed by atoms with Gasteiger partial charge in [0.2, 0.25) is 0 Å². The topological polar surface area (TPSA) is 59.1 Å². The molecule has 2 atom stereocenters. The van der Waals surface area contributed by atoms with E-state index in [2.05, 4.69) is 23.6 Å². The lowest BCUT2D eigenvalue weighted by molar-refractivity contribution is 0.0810. The van der Waals surface area contributed by atoms with E-state index < -0.39 is 0 Å². The van der Waals surface area contributed by atoms with Crippen LogP contribution in [0.4, 0.5) is 0 Å². The van der Waals surface area contributed by atoms with Crippen LogP contribution in [-0.4, -0.2) is 73.8 Å². The van der Waals surface area contributed by atoms with Crippen molar-refractivity contribution in [3.63, 3.8) is 0 Å². The van der Waals surface area contributed by atoms with Gasteiger partial charge in [-0.15, -0.1) is 0 Å². The summed E-state index contributed by atoms with van der Waals surface area (Å²) >= 11 is 0. The van der Waals surface area contributed by atoms with Gasteiger partial charge >= 0.3 is 0 Å². The highest BCUT2D eigenvalue weighted by Gasteiger charge is 2.29. The Balaban J connectivity index is 1.50. The lowest BCUT2D eigenvalue weighted by Crippen LogP contribution is -2.37. The second-order valence-corrected chi connectivity index (χ2v) is 13.6. The highest BCUT2D eigenvalue weighted by Crippen LogP contribution is 2.26. The van der Waals surface area contributed by atoms with Gasteiger partial charge in [0.1, 0.15) is 11.5 Å². The molecule has 2 heterocycles. The summed E-state index contributed by atoms with van der Waals surface area (Å²) in [6, 6.07) is 15.5. The molecule has 0 aromatic heterocycles. The van der Waals surface area contributed by atoms with Crippen LogP contribution in [0, 0.1) is 11.8 Å². The highest BCUT2D eigenvalue weighted by molar-refractivity contribution is 5.99. The molecule has 0 bridgehead atoms. The number of ketones is 2. The average molecular weight is 633 g/mol. The fraction of sp³-hybridized carbons (Fsp3) is 0.650. The zero-order valence-electron chi connectivity index (χ0n) is 28.9. The standard InChI is InChI=1S/C40H60N2O4/c1-3-5-29-45-37-21-17-33(18-22-37)39(43)35(31-41-25-11-7-8-12-26-41)15-16-36(32-42-27-13-9-10-14-28-42)40(44)34-19-23-38(24-20-34)46-30-6-4-2/h17-24,35-36H,3-16,25-32H2,1-2H3/t35-,36+. The largest absolute Gasteiger partial charge is 0.494 e. The first-order chi connectivity index (χ1) is 22.6. The zero-order chi connectivity index (χ0) is 32.4. The zero-order valence-corrected chi connectivity index (χ0v) is 28.9. The lowest BCUT2D eigenvalue weighted by atomic mass is 9.86. The summed E-state index contributed by atoms with van der Waals surface area (Å²) in [5, 5.41) is 0. The summed E-state index contributed by atoms with van der Waals surface area (Å²) in [7, 11) is 0. The fourth-order valence-corrected chi connectivity index (χ4v) is 6.84. The summed E-state index contributed by atoms with van der Waals surface area (Å²) in [6.45, 7) is 11.4. The van der Waals surface area contributed by atoms with E-state index in [1.165, 1.54) is 51.4 Å². The number of hydrogen-bond acceptors (Lipinski definition) is 6. The lowest BCUT2D eigenvalue weighted by Gasteiger charge is -2.29. The van der Waals surface area contributed by atoms with Crippen LogP contribution in [0.3, 0.4) is 0 Å². The van der Waals surface area contributed by atoms with Gasteiger partial charge in [0.25, 0.3) is 0 Å². The number of nitrogens with zero attached hydrogens (tertiary/aromatic N) is 2. The summed E-state index contributed by atoms with van der Waals surface area (Å²) in [4.78, 5) is 33.3. The van der Waals surface area contributed by atoms with Crippen LogP contribution in [0.25, 0.3) is 0 Å². The molecule has 0 aliphatic carbocycles. The van der Waals surface area contributed by atoms with Crippen LogP contribution in [-0.2, 0) is 0 Å². The monoisotopic (exact) mass is 632 g/mol. The molecule has 4 rings (SSSR count). The molecule has 0 unspecified atom stereocenters. The van der Waals surface area contributed by atoms with E-state index in [0.717, 1.165) is 87.6 Å². The van der Waals surface area contributed by atoms with Crippen LogP contribution in [0.5, 0.6) is 11.5 Å². The summed E-state index contributed by atoms with van der Waals surface area (Å²) in [5.74, 6) is 1.74. The van der Waals surface area contributed by atoms with Crippen molar-refractivity contribution < 1.29 is 19.1 Å². The van der Waals surface area contributed by atoms with Crippen molar-refractivity contribution in [1.82, 2.24) is 9.80 Å². The molecule has 6 heteroatoms. The first kappa shape index (κ1) is 36.1. The minimum absolute atomic E-state index is 0.140. The smallest absolute Gasteiger partial charge is 0.167 e. The van der Waals surface area contributed by atoms with E-state index in [4.69, 9.17) is 9.47 Å². The van der Waals surface area contributed by atoms with E-state index in [9.17, 15) is 9.59 Å². The minimum atomic E-state index is -0.140. The van der Waals surface area contributed by atoms with Gasteiger partial charge in [-0.05, 0) is 126 Å². The third-order valence-electron chi connectivity index (χ3n) is 9.77. The molecule has 2 fully saturated rings. The summed E-state index contributed by atoms with van der Waals surface area (Å²) < 4.78 is 11.7. The maximum Gasteiger partial charge on any atom is 0.167 e. The molecule has 2 aliphatic rings. The van der Waals surface area contributed by atoms with Gasteiger partial charge in [-0.3, -0.25) is 9.59 Å². The number of carbonyl (C=O) groups is 2. The number of hydrogen-bond donors (Lipinski definition) is 0. The van der Waals surface area contributed by atoms with Gasteiger partial charge in [-0.2, -0.15) is 0 Å². The molecule has 46 heavy (non-hydrogen) atoms. The molecular formula is C40H60N2O4. The molecule has 2 aromatic carbocycles. The normalized spacial score (nSPS) is 17.9. The number of rotatable bonds is 19. The van der Waals surface area contributed by atoms with Crippen LogP contribution >= 0.6 is 0 Å². The summed E-state index contributed by atoms with van der Waals surface area (Å²) in [6.07, 6.45) is 15.5. The third-order valence-corrected chi connectivity index (χ3v) is 9.77. The molecule has 0 amide bonds. The van der Waals surface area contributed by atoms with Crippen LogP contribution in [0.1, 0.15) is 124 Å². The van der Waals surface area contributed by atoms with Crippen molar-refractivity contribution in [1.29, 1.82) is 0 Å². The van der Waals surface area contributed by atoms with E-state index in [-0.39, 0.29) is 23.4 Å². The Labute approximate surface area is 279 Å². The molecule has 254 valence electrons. The first-order valence-corrected chi connectivity index (χ1v) is 18.6. The molecule has 0 spiro atoms. The number of likely N-dealkylation sites (tertiary alicyclic amines) is 2. The molecule has 0 saturated carbocycles. The second kappa shape index (κ2) is 20.5. The Bertz CT molecular complexity index is 1040. The second-order valence-electron chi connectivity index (χ2n) is 13.6. The van der Waals surface area contributed by atoms with Gasteiger partial charge in [0.05, 0.1) is 13.2 Å². The maximum atomic E-state index is 14.1. The minimum Gasteiger partial charge on any atom is -0.494 e. The van der Waals surface area contributed by atoms with Gasteiger partial charge in [-0.1, -0.05) is 52.4 Å². The predicted molar refractivity (Wildman–Crippen MR) is 188 cm³/mol. The molecule has 2 saturated heterocycles. The highest BCUT2D eigenvalue weighted by atomic mass is 16.5. The van der Waals surface area contributed by atoms with Crippen molar-refractivity contribution in [2.45, 2.75) is 104 Å². The Morgan fingerprint density at radius 1 is 0.565 bits per heavy atom. The Hall–Kier alpha value is -2.70. The van der Waals surface area contributed by atoms with E-state index in [1.807, 2.05) is 48.5 Å². The molecule has 0 radical (unpaired) electrons. The van der Waals surface area contributed by atoms with Gasteiger partial charge in [0.15, 0.2) is 11.6 Å². The maximum absolute atomic E-state index is 14.1. The van der Waals surface area contributed by atoms with Crippen LogP contribution < -0.4 is 9.47 Å². The van der Waals surface area contributed by atoms with Crippen molar-refractivity contribution in [2.24, 2.45) is 11.8 Å². The first-order valence-electron chi connectivity index (χ1n) is 18.6. The average Bonchev–Trinajstić information content (AvgIpc) is 3.51. The molecule has 2 aliphatic heterocycles. The quantitative estimate of drug-likeness (QED) is 0.114. The number of benzene rings is 2. The number of ether oxygens (including phenoxy) is 2. The number of carbonyl (C=O) groups excluding carboxylic acids is 2. The van der Waals surface area contributed by atoms with Gasteiger partial charge in [-0.25, -0.2) is 0 Å². The van der Waals surface area contributed by atoms with Crippen molar-refractivity contribution in [3.05, 3.63) is 59.7 Å². The Morgan fingerprint density at radius 2 is 0.913 bits per heavy atom. The number of unbranched alkanes of at least 4 members (excludes halogenated alkanes) is 2. The molecule has 0 N–H and O–H groups in total. The third kappa shape index (κ3) is 12.2. The van der Waals surface area contributed by atoms with Gasteiger partial charge in [0, 0.05) is 36.1 Å². The van der Waals surface area contributed by atoms with E-state index in [0.29, 0.717) is 26.1 Å². The van der Waals surface area contributed by atoms with E-state index in [1.54, 1.807) is 0 Å². The molecular weight excluding hydrogens is 572 g/mol.